The first-order valence-corrected chi connectivity index (χ1v) is 5.00. The summed E-state index contributed by atoms with van der Waals surface area (Å²) in [5, 5.41) is 5.32. The quantitative estimate of drug-likeness (QED) is 0.852. The lowest BCUT2D eigenvalue weighted by molar-refractivity contribution is 0.493. The van der Waals surface area contributed by atoms with Crippen LogP contribution in [0, 0.1) is 11.6 Å². The third kappa shape index (κ3) is 1.86. The van der Waals surface area contributed by atoms with E-state index in [0.717, 1.165) is 17.6 Å². The average molecular weight is 227 g/mol. The minimum absolute atomic E-state index is 0.0858. The van der Waals surface area contributed by atoms with Gasteiger partial charge in [0.25, 0.3) is 0 Å². The molecule has 0 aliphatic carbocycles. The van der Waals surface area contributed by atoms with Crippen molar-refractivity contribution in [3.63, 3.8) is 0 Å². The van der Waals surface area contributed by atoms with Crippen LogP contribution in [0.25, 0.3) is 0 Å². The molecule has 0 aliphatic rings. The molecule has 78 valence electrons. The predicted octanol–water partition coefficient (Wildman–Crippen LogP) is 1.86. The first kappa shape index (κ1) is 10.1. The summed E-state index contributed by atoms with van der Waals surface area (Å²) in [7, 11) is 0. The molecule has 0 fully saturated rings. The summed E-state index contributed by atoms with van der Waals surface area (Å²) in [6, 6.07) is 3.11. The van der Waals surface area contributed by atoms with E-state index in [4.69, 9.17) is 5.73 Å². The molecule has 1 unspecified atom stereocenters. The largest absolute Gasteiger partial charge is 0.319 e. The molecular formula is C9H7F2N3S. The van der Waals surface area contributed by atoms with Crippen LogP contribution < -0.4 is 5.73 Å². The number of nitrogens with two attached hydrogens (primary N) is 1. The van der Waals surface area contributed by atoms with E-state index >= 15 is 0 Å². The van der Waals surface area contributed by atoms with E-state index in [1.54, 1.807) is 5.38 Å². The zero-order valence-electron chi connectivity index (χ0n) is 7.52. The van der Waals surface area contributed by atoms with Gasteiger partial charge in [0.05, 0.1) is 11.7 Å². The Morgan fingerprint density at radius 3 is 2.80 bits per heavy atom. The maximum Gasteiger partial charge on any atom is 0.163 e. The van der Waals surface area contributed by atoms with Gasteiger partial charge in [0.2, 0.25) is 0 Å². The molecule has 1 atom stereocenters. The van der Waals surface area contributed by atoms with Gasteiger partial charge in [0.15, 0.2) is 11.6 Å². The van der Waals surface area contributed by atoms with E-state index in [1.807, 2.05) is 0 Å². The van der Waals surface area contributed by atoms with Crippen LogP contribution in [0.15, 0.2) is 23.6 Å². The van der Waals surface area contributed by atoms with Gasteiger partial charge in [0.1, 0.15) is 0 Å². The van der Waals surface area contributed by atoms with Crippen molar-refractivity contribution in [2.75, 3.05) is 0 Å². The second-order valence-electron chi connectivity index (χ2n) is 2.95. The molecule has 0 saturated heterocycles. The Morgan fingerprint density at radius 1 is 1.33 bits per heavy atom. The first-order valence-electron chi connectivity index (χ1n) is 4.16. The number of aromatic nitrogens is 2. The molecule has 2 aromatic rings. The van der Waals surface area contributed by atoms with Gasteiger partial charge in [-0.2, -0.15) is 0 Å². The Balaban J connectivity index is 2.42. The van der Waals surface area contributed by atoms with Gasteiger partial charge in [-0.1, -0.05) is 16.6 Å². The van der Waals surface area contributed by atoms with Crippen LogP contribution in [0.5, 0.6) is 0 Å². The molecule has 1 aromatic heterocycles. The fourth-order valence-corrected chi connectivity index (χ4v) is 1.72. The van der Waals surface area contributed by atoms with Crippen molar-refractivity contribution in [1.82, 2.24) is 9.59 Å². The van der Waals surface area contributed by atoms with Gasteiger partial charge in [0, 0.05) is 10.9 Å². The summed E-state index contributed by atoms with van der Waals surface area (Å²) in [6.45, 7) is 0. The lowest BCUT2D eigenvalue weighted by Crippen LogP contribution is -2.14. The topological polar surface area (TPSA) is 51.8 Å². The van der Waals surface area contributed by atoms with Crippen LogP contribution in [0.4, 0.5) is 8.78 Å². The van der Waals surface area contributed by atoms with Gasteiger partial charge in [-0.25, -0.2) is 8.78 Å². The molecule has 0 amide bonds. The fraction of sp³-hybridized carbons (Fsp3) is 0.111. The highest BCUT2D eigenvalue weighted by molar-refractivity contribution is 7.03. The van der Waals surface area contributed by atoms with E-state index < -0.39 is 17.7 Å². The number of nitrogens with zero attached hydrogens (tertiary/aromatic N) is 2. The third-order valence-electron chi connectivity index (χ3n) is 2.01. The van der Waals surface area contributed by atoms with Crippen molar-refractivity contribution in [1.29, 1.82) is 0 Å². The summed E-state index contributed by atoms with van der Waals surface area (Å²) >= 11 is 1.12. The molecule has 0 spiro atoms. The number of benzene rings is 1. The minimum atomic E-state index is -0.932. The Labute approximate surface area is 88.7 Å². The summed E-state index contributed by atoms with van der Waals surface area (Å²) in [5.41, 5.74) is 6.25. The molecule has 0 saturated carbocycles. The van der Waals surface area contributed by atoms with Crippen LogP contribution in [0.3, 0.4) is 0 Å². The maximum atomic E-state index is 13.3. The number of halogens is 2. The third-order valence-corrected chi connectivity index (χ3v) is 2.53. The second kappa shape index (κ2) is 4.00. The standard InChI is InChI=1S/C9H7F2N3S/c10-6-3-1-2-5(8(6)11)9(12)7-4-15-14-13-7/h1-4,9H,12H2. The van der Waals surface area contributed by atoms with Gasteiger partial charge < -0.3 is 5.73 Å². The van der Waals surface area contributed by atoms with Crippen LogP contribution in [-0.2, 0) is 0 Å². The highest BCUT2D eigenvalue weighted by Crippen LogP contribution is 2.22. The summed E-state index contributed by atoms with van der Waals surface area (Å²) < 4.78 is 29.9. The first-order chi connectivity index (χ1) is 7.20. The van der Waals surface area contributed by atoms with Gasteiger partial charge >= 0.3 is 0 Å². The van der Waals surface area contributed by atoms with Gasteiger partial charge in [-0.15, -0.1) is 5.10 Å². The molecule has 6 heteroatoms. The van der Waals surface area contributed by atoms with Crippen LogP contribution in [-0.4, -0.2) is 9.59 Å². The van der Waals surface area contributed by atoms with Crippen molar-refractivity contribution < 1.29 is 8.78 Å². The van der Waals surface area contributed by atoms with E-state index in [-0.39, 0.29) is 5.56 Å². The SMILES string of the molecule is NC(c1csnn1)c1cccc(F)c1F. The van der Waals surface area contributed by atoms with Gasteiger partial charge in [-0.05, 0) is 17.6 Å². The van der Waals surface area contributed by atoms with Crippen molar-refractivity contribution in [3.05, 3.63) is 46.5 Å². The molecule has 0 radical (unpaired) electrons. The Morgan fingerprint density at radius 2 is 2.13 bits per heavy atom. The highest BCUT2D eigenvalue weighted by atomic mass is 32.1. The number of rotatable bonds is 2. The van der Waals surface area contributed by atoms with E-state index in [9.17, 15) is 8.78 Å². The molecule has 0 aliphatic heterocycles. The lowest BCUT2D eigenvalue weighted by atomic mass is 10.0. The zero-order valence-corrected chi connectivity index (χ0v) is 8.34. The molecule has 1 heterocycles. The summed E-state index contributed by atoms with van der Waals surface area (Å²) in [4.78, 5) is 0. The lowest BCUT2D eigenvalue weighted by Gasteiger charge is -2.09. The molecule has 2 rings (SSSR count). The molecular weight excluding hydrogens is 220 g/mol. The monoisotopic (exact) mass is 227 g/mol. The Hall–Kier alpha value is -1.40. The van der Waals surface area contributed by atoms with Crippen molar-refractivity contribution in [3.8, 4) is 0 Å². The minimum Gasteiger partial charge on any atom is -0.319 e. The Bertz CT molecular complexity index is 458. The van der Waals surface area contributed by atoms with E-state index in [2.05, 4.69) is 9.59 Å². The number of hydrogen-bond acceptors (Lipinski definition) is 4. The molecule has 3 nitrogen and oxygen atoms in total. The highest BCUT2D eigenvalue weighted by Gasteiger charge is 2.17. The van der Waals surface area contributed by atoms with Crippen molar-refractivity contribution in [2.24, 2.45) is 5.73 Å². The average Bonchev–Trinajstić information content (AvgIpc) is 2.74. The van der Waals surface area contributed by atoms with E-state index in [0.29, 0.717) is 5.69 Å². The summed E-state index contributed by atoms with van der Waals surface area (Å²) in [5.74, 6) is -1.84. The molecule has 15 heavy (non-hydrogen) atoms. The van der Waals surface area contributed by atoms with Crippen molar-refractivity contribution in [2.45, 2.75) is 6.04 Å². The molecule has 2 N–H and O–H groups in total. The van der Waals surface area contributed by atoms with Crippen LogP contribution >= 0.6 is 11.5 Å². The smallest absolute Gasteiger partial charge is 0.163 e. The molecule has 0 bridgehead atoms. The normalized spacial score (nSPS) is 12.7. The predicted molar refractivity (Wildman–Crippen MR) is 52.3 cm³/mol. The maximum absolute atomic E-state index is 13.3. The van der Waals surface area contributed by atoms with Crippen LogP contribution in [0.1, 0.15) is 17.3 Å². The fourth-order valence-electron chi connectivity index (χ4n) is 1.23. The van der Waals surface area contributed by atoms with Crippen LogP contribution in [0.2, 0.25) is 0 Å². The molecule has 1 aromatic carbocycles. The summed E-state index contributed by atoms with van der Waals surface area (Å²) in [6.07, 6.45) is 0. The van der Waals surface area contributed by atoms with E-state index in [1.165, 1.54) is 12.1 Å². The Kier molecular flexibility index (Phi) is 2.70. The second-order valence-corrected chi connectivity index (χ2v) is 3.56. The van der Waals surface area contributed by atoms with Crippen molar-refractivity contribution >= 4 is 11.5 Å². The van der Waals surface area contributed by atoms with Gasteiger partial charge in [-0.3, -0.25) is 0 Å². The zero-order chi connectivity index (χ0) is 10.8. The number of hydrogen-bond donors (Lipinski definition) is 1.